The molecule has 134 valence electrons. The van der Waals surface area contributed by atoms with Crippen molar-refractivity contribution in [3.8, 4) is 0 Å². The molecule has 0 unspecified atom stereocenters. The number of para-hydroxylation sites is 1. The summed E-state index contributed by atoms with van der Waals surface area (Å²) in [5, 5.41) is 3.46. The predicted octanol–water partition coefficient (Wildman–Crippen LogP) is 6.39. The molecule has 0 radical (unpaired) electrons. The lowest BCUT2D eigenvalue weighted by Crippen LogP contribution is -2.24. The second-order valence-corrected chi connectivity index (χ2v) is 8.28. The molecular weight excluding hydrogens is 384 g/mol. The number of aromatic nitrogens is 1. The van der Waals surface area contributed by atoms with Crippen LogP contribution in [0.2, 0.25) is 5.02 Å². The minimum absolute atomic E-state index is 0.0337. The minimum atomic E-state index is -0.0337. The Hall–Kier alpha value is -1.82. The molecule has 26 heavy (non-hydrogen) atoms. The van der Waals surface area contributed by atoms with Crippen molar-refractivity contribution in [3.63, 3.8) is 0 Å². The summed E-state index contributed by atoms with van der Waals surface area (Å²) in [6.07, 6.45) is 0. The molecule has 0 N–H and O–H groups in total. The van der Waals surface area contributed by atoms with Crippen LogP contribution >= 0.6 is 34.7 Å². The van der Waals surface area contributed by atoms with Crippen LogP contribution < -0.4 is 4.90 Å². The summed E-state index contributed by atoms with van der Waals surface area (Å²) in [7, 11) is 0. The zero-order chi connectivity index (χ0) is 18.7. The molecule has 0 saturated carbocycles. The number of thioether (sulfide) groups is 1. The maximum atomic E-state index is 12.3. The Morgan fingerprint density at radius 1 is 1.15 bits per heavy atom. The molecule has 1 amide bonds. The van der Waals surface area contributed by atoms with Crippen molar-refractivity contribution in [2.24, 2.45) is 0 Å². The molecule has 1 aromatic heterocycles. The first-order valence-electron chi connectivity index (χ1n) is 8.15. The molecule has 2 aromatic carbocycles. The highest BCUT2D eigenvalue weighted by Crippen LogP contribution is 2.35. The van der Waals surface area contributed by atoms with Crippen molar-refractivity contribution in [1.82, 2.24) is 4.98 Å². The summed E-state index contributed by atoms with van der Waals surface area (Å²) in [4.78, 5) is 19.9. The SMILES string of the molecule is CC(=O)N(c1nc(CSc2ccc(Cl)cc2)cs1)c1c(C)cccc1C. The van der Waals surface area contributed by atoms with Crippen LogP contribution in [0.15, 0.2) is 52.7 Å². The molecule has 0 spiro atoms. The Balaban J connectivity index is 1.82. The number of benzene rings is 2. The summed E-state index contributed by atoms with van der Waals surface area (Å²) in [6.45, 7) is 5.61. The van der Waals surface area contributed by atoms with Crippen molar-refractivity contribution < 1.29 is 4.79 Å². The van der Waals surface area contributed by atoms with E-state index in [0.29, 0.717) is 5.13 Å². The predicted molar refractivity (Wildman–Crippen MR) is 112 cm³/mol. The van der Waals surface area contributed by atoms with Crippen LogP contribution in [0, 0.1) is 13.8 Å². The number of halogens is 1. The Kier molecular flexibility index (Phi) is 6.01. The van der Waals surface area contributed by atoms with Crippen LogP contribution in [-0.4, -0.2) is 10.9 Å². The van der Waals surface area contributed by atoms with Crippen molar-refractivity contribution >= 4 is 51.4 Å². The molecule has 3 rings (SSSR count). The number of carbonyl (C=O) groups excluding carboxylic acids is 1. The molecular formula is C20H19ClN2OS2. The zero-order valence-electron chi connectivity index (χ0n) is 14.8. The maximum Gasteiger partial charge on any atom is 0.230 e. The van der Waals surface area contributed by atoms with E-state index in [2.05, 4.69) is 0 Å². The van der Waals surface area contributed by atoms with Gasteiger partial charge in [0.05, 0.1) is 11.4 Å². The Morgan fingerprint density at radius 3 is 2.42 bits per heavy atom. The number of hydrogen-bond acceptors (Lipinski definition) is 4. The van der Waals surface area contributed by atoms with Gasteiger partial charge in [-0.2, -0.15) is 0 Å². The van der Waals surface area contributed by atoms with E-state index in [-0.39, 0.29) is 5.91 Å². The van der Waals surface area contributed by atoms with Gasteiger partial charge in [-0.25, -0.2) is 4.98 Å². The summed E-state index contributed by atoms with van der Waals surface area (Å²) >= 11 is 9.12. The molecule has 0 atom stereocenters. The number of hydrogen-bond donors (Lipinski definition) is 0. The number of rotatable bonds is 5. The summed E-state index contributed by atoms with van der Waals surface area (Å²) in [5.41, 5.74) is 4.01. The Bertz CT molecular complexity index is 902. The molecule has 0 bridgehead atoms. The molecule has 0 saturated heterocycles. The Labute approximate surface area is 167 Å². The third-order valence-corrected chi connectivity index (χ3v) is 6.08. The monoisotopic (exact) mass is 402 g/mol. The molecule has 3 aromatic rings. The average molecular weight is 403 g/mol. The topological polar surface area (TPSA) is 33.2 Å². The zero-order valence-corrected chi connectivity index (χ0v) is 17.2. The van der Waals surface area contributed by atoms with E-state index in [4.69, 9.17) is 16.6 Å². The lowest BCUT2D eigenvalue weighted by Gasteiger charge is -2.22. The van der Waals surface area contributed by atoms with Crippen LogP contribution in [-0.2, 0) is 10.5 Å². The van der Waals surface area contributed by atoms with Gasteiger partial charge in [0.1, 0.15) is 0 Å². The van der Waals surface area contributed by atoms with Crippen LogP contribution in [0.4, 0.5) is 10.8 Å². The van der Waals surface area contributed by atoms with Crippen LogP contribution in [0.25, 0.3) is 0 Å². The van der Waals surface area contributed by atoms with Gasteiger partial charge in [-0.3, -0.25) is 9.69 Å². The van der Waals surface area contributed by atoms with Gasteiger partial charge in [-0.1, -0.05) is 29.8 Å². The lowest BCUT2D eigenvalue weighted by molar-refractivity contribution is -0.115. The number of nitrogens with zero attached hydrogens (tertiary/aromatic N) is 2. The van der Waals surface area contributed by atoms with Gasteiger partial charge < -0.3 is 0 Å². The molecule has 0 fully saturated rings. The highest BCUT2D eigenvalue weighted by Gasteiger charge is 2.21. The summed E-state index contributed by atoms with van der Waals surface area (Å²) in [5.74, 6) is 0.713. The van der Waals surface area contributed by atoms with E-state index in [0.717, 1.165) is 38.2 Å². The van der Waals surface area contributed by atoms with Gasteiger partial charge in [-0.05, 0) is 49.2 Å². The smallest absolute Gasteiger partial charge is 0.230 e. The van der Waals surface area contributed by atoms with Crippen molar-refractivity contribution in [1.29, 1.82) is 0 Å². The minimum Gasteiger partial charge on any atom is -0.274 e. The van der Waals surface area contributed by atoms with E-state index < -0.39 is 0 Å². The van der Waals surface area contributed by atoms with Gasteiger partial charge in [0.15, 0.2) is 5.13 Å². The first-order chi connectivity index (χ1) is 12.5. The first-order valence-corrected chi connectivity index (χ1v) is 10.4. The van der Waals surface area contributed by atoms with Gasteiger partial charge in [0, 0.05) is 28.0 Å². The number of thiazole rings is 1. The van der Waals surface area contributed by atoms with Crippen LogP contribution in [0.1, 0.15) is 23.7 Å². The van der Waals surface area contributed by atoms with Gasteiger partial charge in [0.2, 0.25) is 5.91 Å². The number of carbonyl (C=O) groups is 1. The Morgan fingerprint density at radius 2 is 1.81 bits per heavy atom. The highest BCUT2D eigenvalue weighted by atomic mass is 35.5. The number of anilines is 2. The van der Waals surface area contributed by atoms with Crippen LogP contribution in [0.3, 0.4) is 0 Å². The molecule has 6 heteroatoms. The van der Waals surface area contributed by atoms with Crippen molar-refractivity contribution in [3.05, 3.63) is 69.7 Å². The number of amides is 1. The average Bonchev–Trinajstić information content (AvgIpc) is 3.06. The largest absolute Gasteiger partial charge is 0.274 e. The standard InChI is InChI=1S/C20H19ClN2OS2/c1-13-5-4-6-14(2)19(13)23(15(3)24)20-22-17(12-26-20)11-25-18-9-7-16(21)8-10-18/h4-10,12H,11H2,1-3H3. The normalized spacial score (nSPS) is 10.8. The van der Waals surface area contributed by atoms with Crippen LogP contribution in [0.5, 0.6) is 0 Å². The molecule has 0 aliphatic rings. The fraction of sp³-hybridized carbons (Fsp3) is 0.200. The fourth-order valence-electron chi connectivity index (χ4n) is 2.70. The second kappa shape index (κ2) is 8.25. The molecule has 0 aliphatic carbocycles. The van der Waals surface area contributed by atoms with E-state index >= 15 is 0 Å². The van der Waals surface area contributed by atoms with E-state index in [1.807, 2.05) is 61.7 Å². The maximum absolute atomic E-state index is 12.3. The van der Waals surface area contributed by atoms with Gasteiger partial charge >= 0.3 is 0 Å². The summed E-state index contributed by atoms with van der Waals surface area (Å²) in [6, 6.07) is 13.8. The lowest BCUT2D eigenvalue weighted by atomic mass is 10.1. The molecule has 0 aliphatic heterocycles. The quantitative estimate of drug-likeness (QED) is 0.463. The molecule has 3 nitrogen and oxygen atoms in total. The summed E-state index contributed by atoms with van der Waals surface area (Å²) < 4.78 is 0. The van der Waals surface area contributed by atoms with Crippen molar-refractivity contribution in [2.75, 3.05) is 4.90 Å². The fourth-order valence-corrected chi connectivity index (χ4v) is 4.59. The van der Waals surface area contributed by atoms with E-state index in [1.165, 1.54) is 11.3 Å². The van der Waals surface area contributed by atoms with Gasteiger partial charge in [0.25, 0.3) is 0 Å². The third-order valence-electron chi connectivity index (χ3n) is 3.91. The second-order valence-electron chi connectivity index (χ2n) is 5.96. The van der Waals surface area contributed by atoms with E-state index in [9.17, 15) is 4.79 Å². The first kappa shape index (κ1) is 19.0. The highest BCUT2D eigenvalue weighted by molar-refractivity contribution is 7.98. The molecule has 1 heterocycles. The van der Waals surface area contributed by atoms with Crippen molar-refractivity contribution in [2.45, 2.75) is 31.4 Å². The van der Waals surface area contributed by atoms with E-state index in [1.54, 1.807) is 23.6 Å². The van der Waals surface area contributed by atoms with Gasteiger partial charge in [-0.15, -0.1) is 23.1 Å². The third kappa shape index (κ3) is 4.29. The number of aryl methyl sites for hydroxylation is 2.